The van der Waals surface area contributed by atoms with Gasteiger partial charge in [-0.3, -0.25) is 0 Å². The maximum atomic E-state index is 13.1. The Balaban J connectivity index is 2.48. The molecular formula is C10H7F5N4O2S. The van der Waals surface area contributed by atoms with Gasteiger partial charge in [0.05, 0.1) is 12.8 Å². The molecule has 2 heterocycles. The molecule has 0 saturated carbocycles. The number of aromatic nitrogens is 4. The number of alkyl halides is 5. The maximum Gasteiger partial charge on any atom is 0.452 e. The summed E-state index contributed by atoms with van der Waals surface area (Å²) in [5.41, 5.74) is -1.44. The van der Waals surface area contributed by atoms with Crippen LogP contribution < -0.4 is 0 Å². The third-order valence-electron chi connectivity index (χ3n) is 2.36. The van der Waals surface area contributed by atoms with Gasteiger partial charge in [-0.15, -0.1) is 0 Å². The smallest absolute Gasteiger partial charge is 0.452 e. The van der Waals surface area contributed by atoms with Crippen LogP contribution in [0.3, 0.4) is 0 Å². The zero-order chi connectivity index (χ0) is 16.5. The molecule has 0 unspecified atom stereocenters. The van der Waals surface area contributed by atoms with Crippen LogP contribution in [0.5, 0.6) is 0 Å². The van der Waals surface area contributed by atoms with E-state index in [1.54, 1.807) is 0 Å². The molecule has 0 radical (unpaired) electrons. The van der Waals surface area contributed by atoms with Gasteiger partial charge < -0.3 is 4.74 Å². The van der Waals surface area contributed by atoms with E-state index in [0.717, 1.165) is 6.20 Å². The lowest BCUT2D eigenvalue weighted by Gasteiger charge is -2.05. The second-order valence-electron chi connectivity index (χ2n) is 3.77. The van der Waals surface area contributed by atoms with Gasteiger partial charge in [-0.1, -0.05) is 0 Å². The van der Waals surface area contributed by atoms with E-state index in [-0.39, 0.29) is 18.1 Å². The van der Waals surface area contributed by atoms with Crippen LogP contribution in [0.15, 0.2) is 6.20 Å². The molecular weight excluding hydrogens is 335 g/mol. The van der Waals surface area contributed by atoms with E-state index in [9.17, 15) is 26.7 Å². The Morgan fingerprint density at radius 1 is 1.45 bits per heavy atom. The van der Waals surface area contributed by atoms with E-state index in [0.29, 0.717) is 4.68 Å². The molecule has 0 amide bonds. The molecule has 0 aromatic carbocycles. The molecule has 2 aromatic heterocycles. The van der Waals surface area contributed by atoms with Gasteiger partial charge in [0.25, 0.3) is 6.43 Å². The molecule has 6 nitrogen and oxygen atoms in total. The highest BCUT2D eigenvalue weighted by molar-refractivity contribution is 7.08. The molecule has 120 valence electrons. The lowest BCUT2D eigenvalue weighted by Crippen LogP contribution is -2.11. The summed E-state index contributed by atoms with van der Waals surface area (Å²) in [6, 6.07) is 0. The highest BCUT2D eigenvalue weighted by Crippen LogP contribution is 2.31. The summed E-state index contributed by atoms with van der Waals surface area (Å²) >= 11 is 0.233. The van der Waals surface area contributed by atoms with Crippen LogP contribution in [-0.2, 0) is 10.9 Å². The summed E-state index contributed by atoms with van der Waals surface area (Å²) in [6.45, 7) is 1.43. The van der Waals surface area contributed by atoms with E-state index in [1.807, 2.05) is 0 Å². The second-order valence-corrected chi connectivity index (χ2v) is 4.51. The van der Waals surface area contributed by atoms with Crippen molar-refractivity contribution < 1.29 is 31.5 Å². The number of nitrogens with zero attached hydrogens (tertiary/aromatic N) is 4. The van der Waals surface area contributed by atoms with Crippen LogP contribution in [0.2, 0.25) is 0 Å². The van der Waals surface area contributed by atoms with Crippen LogP contribution in [0.4, 0.5) is 22.0 Å². The Kier molecular flexibility index (Phi) is 4.39. The van der Waals surface area contributed by atoms with Crippen molar-refractivity contribution in [2.75, 3.05) is 6.61 Å². The average molecular weight is 342 g/mol. The van der Waals surface area contributed by atoms with Crippen LogP contribution >= 0.6 is 11.5 Å². The molecule has 0 N–H and O–H groups in total. The Labute approximate surface area is 123 Å². The molecule has 0 bridgehead atoms. The summed E-state index contributed by atoms with van der Waals surface area (Å²) in [7, 11) is 0. The maximum absolute atomic E-state index is 13.1. The van der Waals surface area contributed by atoms with Crippen molar-refractivity contribution in [3.63, 3.8) is 0 Å². The van der Waals surface area contributed by atoms with Gasteiger partial charge >= 0.3 is 12.1 Å². The number of rotatable bonds is 4. The highest BCUT2D eigenvalue weighted by Gasteiger charge is 2.37. The third kappa shape index (κ3) is 3.05. The van der Waals surface area contributed by atoms with E-state index in [2.05, 4.69) is 19.2 Å². The number of esters is 1. The first-order valence-electron chi connectivity index (χ1n) is 5.70. The Morgan fingerprint density at radius 2 is 2.14 bits per heavy atom. The molecule has 0 saturated heterocycles. The number of hydrogen-bond acceptors (Lipinski definition) is 6. The topological polar surface area (TPSA) is 69.9 Å². The Bertz CT molecular complexity index is 681. The van der Waals surface area contributed by atoms with Crippen LogP contribution in [0.1, 0.15) is 35.2 Å². The molecule has 2 aromatic rings. The monoisotopic (exact) mass is 342 g/mol. The van der Waals surface area contributed by atoms with E-state index in [1.165, 1.54) is 6.92 Å². The first kappa shape index (κ1) is 16.3. The fourth-order valence-corrected chi connectivity index (χ4v) is 2.17. The summed E-state index contributed by atoms with van der Waals surface area (Å²) in [4.78, 5) is 14.7. The fourth-order valence-electron chi connectivity index (χ4n) is 1.50. The van der Waals surface area contributed by atoms with Gasteiger partial charge in [-0.2, -0.15) is 27.6 Å². The Hall–Kier alpha value is -2.11. The SMILES string of the molecule is CCOC(=O)c1cnn(-c2nc(C(F)(F)F)ns2)c1C(F)F. The molecule has 0 aliphatic heterocycles. The molecule has 0 spiro atoms. The van der Waals surface area contributed by atoms with Crippen molar-refractivity contribution >= 4 is 17.5 Å². The first-order valence-corrected chi connectivity index (χ1v) is 6.47. The summed E-state index contributed by atoms with van der Waals surface area (Å²) in [5, 5.41) is 2.95. The van der Waals surface area contributed by atoms with Crippen molar-refractivity contribution in [3.8, 4) is 5.13 Å². The van der Waals surface area contributed by atoms with E-state index in [4.69, 9.17) is 0 Å². The van der Waals surface area contributed by atoms with Crippen molar-refractivity contribution in [3.05, 3.63) is 23.3 Å². The second kappa shape index (κ2) is 5.94. The zero-order valence-electron chi connectivity index (χ0n) is 10.8. The highest BCUT2D eigenvalue weighted by atomic mass is 32.1. The standard InChI is InChI=1S/C10H7F5N4O2S/c1-2-21-7(20)4-3-16-19(5(4)6(11)12)9-17-8(18-22-9)10(13,14)15/h3,6H,2H2,1H3. The van der Waals surface area contributed by atoms with Crippen molar-refractivity contribution in [1.29, 1.82) is 0 Å². The average Bonchev–Trinajstić information content (AvgIpc) is 3.04. The molecule has 2 rings (SSSR count). The Morgan fingerprint density at radius 3 is 2.64 bits per heavy atom. The van der Waals surface area contributed by atoms with Gasteiger partial charge in [0.15, 0.2) is 0 Å². The van der Waals surface area contributed by atoms with Crippen molar-refractivity contribution in [1.82, 2.24) is 19.1 Å². The number of ether oxygens (including phenoxy) is 1. The van der Waals surface area contributed by atoms with Gasteiger partial charge in [0.2, 0.25) is 11.0 Å². The minimum Gasteiger partial charge on any atom is -0.462 e. The summed E-state index contributed by atoms with van der Waals surface area (Å²) < 4.78 is 71.6. The zero-order valence-corrected chi connectivity index (χ0v) is 11.6. The quantitative estimate of drug-likeness (QED) is 0.631. The van der Waals surface area contributed by atoms with Crippen LogP contribution in [0, 0.1) is 0 Å². The van der Waals surface area contributed by atoms with Gasteiger partial charge in [0.1, 0.15) is 11.3 Å². The largest absolute Gasteiger partial charge is 0.462 e. The first-order chi connectivity index (χ1) is 10.3. The molecule has 22 heavy (non-hydrogen) atoms. The van der Waals surface area contributed by atoms with Gasteiger partial charge in [0, 0.05) is 11.5 Å². The molecule has 0 aliphatic rings. The minimum absolute atomic E-state index is 0.0519. The van der Waals surface area contributed by atoms with E-state index < -0.39 is 40.8 Å². The lowest BCUT2D eigenvalue weighted by atomic mass is 10.2. The predicted octanol–water partition coefficient (Wildman–Crippen LogP) is 2.86. The molecule has 0 atom stereocenters. The predicted molar refractivity (Wildman–Crippen MR) is 62.9 cm³/mol. The van der Waals surface area contributed by atoms with Gasteiger partial charge in [-0.25, -0.2) is 18.3 Å². The molecule has 12 heteroatoms. The number of hydrogen-bond donors (Lipinski definition) is 0. The summed E-state index contributed by atoms with van der Waals surface area (Å²) in [5.74, 6) is -2.52. The van der Waals surface area contributed by atoms with Crippen molar-refractivity contribution in [2.24, 2.45) is 0 Å². The van der Waals surface area contributed by atoms with E-state index >= 15 is 0 Å². The van der Waals surface area contributed by atoms with Crippen LogP contribution in [-0.4, -0.2) is 31.7 Å². The number of halogens is 5. The van der Waals surface area contributed by atoms with Gasteiger partial charge in [-0.05, 0) is 6.92 Å². The normalized spacial score (nSPS) is 12.0. The van der Waals surface area contributed by atoms with Crippen LogP contribution in [0.25, 0.3) is 5.13 Å². The van der Waals surface area contributed by atoms with Crippen molar-refractivity contribution in [2.45, 2.75) is 19.5 Å². The number of carbonyl (C=O) groups is 1. The fraction of sp³-hybridized carbons (Fsp3) is 0.400. The third-order valence-corrected chi connectivity index (χ3v) is 3.05. The molecule has 0 fully saturated rings. The minimum atomic E-state index is -4.81. The summed E-state index contributed by atoms with van der Waals surface area (Å²) in [6.07, 6.45) is -7.19. The number of carbonyl (C=O) groups excluding carboxylic acids is 1. The lowest BCUT2D eigenvalue weighted by molar-refractivity contribution is -0.144. The molecule has 0 aliphatic carbocycles.